The minimum Gasteiger partial charge on any atom is -0.493 e. The number of methoxy groups -OCH3 is 1. The van der Waals surface area contributed by atoms with Crippen LogP contribution in [0.5, 0.6) is 11.5 Å². The summed E-state index contributed by atoms with van der Waals surface area (Å²) in [4.78, 5) is 64.9. The summed E-state index contributed by atoms with van der Waals surface area (Å²) >= 11 is 0. The third-order valence-electron chi connectivity index (χ3n) is 12.3. The predicted molar refractivity (Wildman–Crippen MR) is 198 cm³/mol. The number of alkyl halides is 2. The molecule has 0 aliphatic heterocycles. The Morgan fingerprint density at radius 1 is 0.964 bits per heavy atom. The molecule has 0 amide bonds. The number of carbonyl (C=O) groups is 5. The maximum atomic E-state index is 17.7. The number of ketones is 2. The summed E-state index contributed by atoms with van der Waals surface area (Å²) in [7, 11) is 1.32. The van der Waals surface area contributed by atoms with Gasteiger partial charge in [0.05, 0.1) is 19.8 Å². The molecule has 4 aliphatic carbocycles. The van der Waals surface area contributed by atoms with Crippen LogP contribution < -0.4 is 9.47 Å². The second-order valence-corrected chi connectivity index (χ2v) is 15.6. The Morgan fingerprint density at radius 3 is 2.39 bits per heavy atom. The molecule has 5 rings (SSSR count). The number of unbranched alkanes of at least 4 members (excludes halogenated alkanes) is 3. The molecule has 0 heterocycles. The molecule has 1 aromatic carbocycles. The van der Waals surface area contributed by atoms with Crippen LogP contribution in [0.1, 0.15) is 91.0 Å². The quantitative estimate of drug-likeness (QED) is 0.0671. The minimum absolute atomic E-state index is 0.0862. The molecule has 1 aromatic rings. The fourth-order valence-corrected chi connectivity index (χ4v) is 9.46. The van der Waals surface area contributed by atoms with E-state index >= 15 is 8.78 Å². The number of Topliss-reactive ketones (excluding diaryl/α,β-unsaturated/α-hetero) is 1. The Hall–Kier alpha value is -4.43. The van der Waals surface area contributed by atoms with Gasteiger partial charge in [-0.3, -0.25) is 14.4 Å². The summed E-state index contributed by atoms with van der Waals surface area (Å²) in [5.74, 6) is -5.18. The van der Waals surface area contributed by atoms with Gasteiger partial charge in [0.15, 0.2) is 29.6 Å². The minimum atomic E-state index is -2.52. The highest BCUT2D eigenvalue weighted by molar-refractivity contribution is 6.01. The lowest BCUT2D eigenvalue weighted by Crippen LogP contribution is -2.71. The lowest BCUT2D eigenvalue weighted by molar-refractivity contribution is -0.234. The van der Waals surface area contributed by atoms with Crippen LogP contribution in [0.25, 0.3) is 6.08 Å². The number of hydrogen-bond donors (Lipinski definition) is 2. The molecule has 56 heavy (non-hydrogen) atoms. The van der Waals surface area contributed by atoms with Crippen molar-refractivity contribution in [3.63, 3.8) is 0 Å². The third-order valence-corrected chi connectivity index (χ3v) is 12.3. The molecule has 14 heteroatoms. The van der Waals surface area contributed by atoms with Gasteiger partial charge in [-0.1, -0.05) is 52.2 Å². The van der Waals surface area contributed by atoms with Gasteiger partial charge in [-0.05, 0) is 86.4 Å². The average molecular weight is 787 g/mol. The average Bonchev–Trinajstić information content (AvgIpc) is 3.38. The zero-order chi connectivity index (χ0) is 41.1. The van der Waals surface area contributed by atoms with Crippen molar-refractivity contribution < 1.29 is 66.7 Å². The number of fused-ring (bicyclic) bond motifs is 5. The molecule has 3 saturated carbocycles. The summed E-state index contributed by atoms with van der Waals surface area (Å²) in [6.07, 6.45) is 1.81. The summed E-state index contributed by atoms with van der Waals surface area (Å²) < 4.78 is 60.7. The molecule has 9 unspecified atom stereocenters. The lowest BCUT2D eigenvalue weighted by atomic mass is 9.44. The standard InChI is InChI=1S/C42H52F2O12/c1-6-8-10-18-53-36(49)15-13-25-12-14-31(32(19-25)52-5)55-38(51)54-24-35(48)42(56-37(50)11-9-7-2)33(46)22-27-28-21-30(43)29-20-26(45)16-17-39(29,3)41(28,44)34(47)23-40(27,42)4/h12-17,19-20,27-28,30,33-34,46-47H,6-11,18,21-24H2,1-5H3. The Morgan fingerprint density at radius 2 is 1.70 bits per heavy atom. The normalized spacial score (nSPS) is 33.1. The largest absolute Gasteiger partial charge is 0.514 e. The highest BCUT2D eigenvalue weighted by Crippen LogP contribution is 2.70. The van der Waals surface area contributed by atoms with Crippen molar-refractivity contribution in [2.45, 2.75) is 115 Å². The van der Waals surface area contributed by atoms with Crippen LogP contribution in [0.2, 0.25) is 0 Å². The first-order valence-corrected chi connectivity index (χ1v) is 19.3. The van der Waals surface area contributed by atoms with Gasteiger partial charge in [0.25, 0.3) is 0 Å². The fraction of sp³-hybridized carbons (Fsp3) is 0.595. The highest BCUT2D eigenvalue weighted by atomic mass is 19.1. The van der Waals surface area contributed by atoms with Crippen molar-refractivity contribution in [1.29, 1.82) is 0 Å². The maximum absolute atomic E-state index is 17.7. The van der Waals surface area contributed by atoms with Gasteiger partial charge in [0, 0.05) is 29.2 Å². The first kappa shape index (κ1) is 42.7. The second-order valence-electron chi connectivity index (χ2n) is 15.6. The van der Waals surface area contributed by atoms with E-state index in [9.17, 15) is 34.2 Å². The molecule has 0 radical (unpaired) electrons. The van der Waals surface area contributed by atoms with Crippen molar-refractivity contribution in [3.8, 4) is 11.5 Å². The van der Waals surface area contributed by atoms with Crippen molar-refractivity contribution in [2.24, 2.45) is 22.7 Å². The zero-order valence-electron chi connectivity index (χ0n) is 32.5. The Balaban J connectivity index is 1.37. The van der Waals surface area contributed by atoms with Crippen LogP contribution in [0.4, 0.5) is 13.6 Å². The number of aliphatic hydroxyl groups excluding tert-OH is 2. The fourth-order valence-electron chi connectivity index (χ4n) is 9.46. The molecule has 0 aromatic heterocycles. The topological polar surface area (TPSA) is 172 Å². The third kappa shape index (κ3) is 7.54. The van der Waals surface area contributed by atoms with Crippen LogP contribution in [-0.4, -0.2) is 89.8 Å². The van der Waals surface area contributed by atoms with Crippen LogP contribution in [0.15, 0.2) is 48.1 Å². The number of hydrogen-bond acceptors (Lipinski definition) is 12. The summed E-state index contributed by atoms with van der Waals surface area (Å²) in [6.45, 7) is 6.05. The number of rotatable bonds is 15. The van der Waals surface area contributed by atoms with Gasteiger partial charge in [0.2, 0.25) is 11.4 Å². The van der Waals surface area contributed by atoms with Gasteiger partial charge in [0.1, 0.15) is 12.3 Å². The molecule has 3 fully saturated rings. The maximum Gasteiger partial charge on any atom is 0.514 e. The molecule has 306 valence electrons. The molecule has 9 atom stereocenters. The first-order valence-electron chi connectivity index (χ1n) is 19.3. The van der Waals surface area contributed by atoms with E-state index in [0.717, 1.165) is 31.4 Å². The summed E-state index contributed by atoms with van der Waals surface area (Å²) in [6, 6.07) is 4.40. The Bertz CT molecular complexity index is 1790. The van der Waals surface area contributed by atoms with Crippen LogP contribution in [0.3, 0.4) is 0 Å². The molecule has 0 saturated heterocycles. The monoisotopic (exact) mass is 786 g/mol. The molecule has 0 bridgehead atoms. The van der Waals surface area contributed by atoms with Crippen molar-refractivity contribution in [3.05, 3.63) is 53.6 Å². The smallest absolute Gasteiger partial charge is 0.493 e. The number of esters is 2. The summed E-state index contributed by atoms with van der Waals surface area (Å²) in [5.41, 5.74) is -7.88. The Labute approximate surface area is 325 Å². The number of aliphatic hydroxyl groups is 2. The van der Waals surface area contributed by atoms with Gasteiger partial charge in [-0.2, -0.15) is 0 Å². The van der Waals surface area contributed by atoms with Crippen LogP contribution >= 0.6 is 0 Å². The lowest BCUT2D eigenvalue weighted by Gasteiger charge is -2.63. The van der Waals surface area contributed by atoms with Crippen molar-refractivity contribution >= 4 is 35.7 Å². The van der Waals surface area contributed by atoms with Gasteiger partial charge in [-0.25, -0.2) is 18.4 Å². The predicted octanol–water partition coefficient (Wildman–Crippen LogP) is 6.29. The van der Waals surface area contributed by atoms with E-state index in [-0.39, 0.29) is 29.9 Å². The van der Waals surface area contributed by atoms with Crippen LogP contribution in [0, 0.1) is 22.7 Å². The van der Waals surface area contributed by atoms with E-state index in [2.05, 4.69) is 0 Å². The van der Waals surface area contributed by atoms with Crippen molar-refractivity contribution in [2.75, 3.05) is 20.3 Å². The number of benzene rings is 1. The SMILES string of the molecule is CCCCCOC(=O)C=Cc1ccc(OC(=O)OCC(=O)C2(OC(=O)CCCC)C(O)CC3C4CC(F)C5=CC(=O)C=CC5(C)C4(F)C(O)CC32C)c(OC)c1. The number of carbonyl (C=O) groups excluding carboxylic acids is 5. The number of allylic oxidation sites excluding steroid dienone is 4. The van der Waals surface area contributed by atoms with E-state index in [1.54, 1.807) is 0 Å². The van der Waals surface area contributed by atoms with Gasteiger partial charge < -0.3 is 33.9 Å². The molecule has 12 nitrogen and oxygen atoms in total. The highest BCUT2D eigenvalue weighted by Gasteiger charge is 2.79. The molecule has 2 N–H and O–H groups in total. The molecule has 0 spiro atoms. The molecular formula is C42H52F2O12. The summed E-state index contributed by atoms with van der Waals surface area (Å²) in [5, 5.41) is 23.5. The number of halogens is 2. The van der Waals surface area contributed by atoms with E-state index in [4.69, 9.17) is 23.7 Å². The molecular weight excluding hydrogens is 734 g/mol. The second kappa shape index (κ2) is 17.0. The molecule has 4 aliphatic rings. The van der Waals surface area contributed by atoms with Crippen molar-refractivity contribution in [1.82, 2.24) is 0 Å². The van der Waals surface area contributed by atoms with Gasteiger partial charge >= 0.3 is 18.1 Å². The van der Waals surface area contributed by atoms with Gasteiger partial charge in [-0.15, -0.1) is 0 Å². The van der Waals surface area contributed by atoms with Crippen LogP contribution in [-0.2, 0) is 33.4 Å². The first-order chi connectivity index (χ1) is 26.5. The van der Waals surface area contributed by atoms with E-state index in [1.807, 2.05) is 13.8 Å². The Kier molecular flexibility index (Phi) is 12.9. The van der Waals surface area contributed by atoms with E-state index in [0.29, 0.717) is 25.0 Å². The van der Waals surface area contributed by atoms with E-state index in [1.165, 1.54) is 57.4 Å². The van der Waals surface area contributed by atoms with E-state index < -0.39 is 101 Å². The number of ether oxygens (including phenoxy) is 5. The zero-order valence-corrected chi connectivity index (χ0v) is 32.5.